The first-order valence-corrected chi connectivity index (χ1v) is 5.79. The van der Waals surface area contributed by atoms with Crippen molar-refractivity contribution in [1.29, 1.82) is 0 Å². The fraction of sp³-hybridized carbons (Fsp3) is 0.833. The highest BCUT2D eigenvalue weighted by atomic mass is 15.1. The molecule has 2 rings (SSSR count). The fourth-order valence-electron chi connectivity index (χ4n) is 2.81. The molecule has 0 aromatic heterocycles. The van der Waals surface area contributed by atoms with Crippen LogP contribution in [0.4, 0.5) is 0 Å². The third-order valence-electron chi connectivity index (χ3n) is 3.52. The number of piperidine rings is 1. The number of nitrogens with one attached hydrogen (secondary N) is 1. The maximum atomic E-state index is 5.35. The number of likely N-dealkylation sites (tertiary alicyclic amines) is 1. The van der Waals surface area contributed by atoms with Gasteiger partial charge in [-0.25, -0.2) is 0 Å². The molecule has 2 unspecified atom stereocenters. The summed E-state index contributed by atoms with van der Waals surface area (Å²) in [5, 5.41) is 3.61. The normalized spacial score (nSPS) is 34.2. The number of hydrogen-bond acceptors (Lipinski definition) is 2. The zero-order chi connectivity index (χ0) is 9.80. The summed E-state index contributed by atoms with van der Waals surface area (Å²) in [4.78, 5) is 2.42. The van der Waals surface area contributed by atoms with Gasteiger partial charge in [-0.2, -0.15) is 0 Å². The average molecular weight is 192 g/mol. The van der Waals surface area contributed by atoms with Crippen LogP contribution in [0.15, 0.2) is 0 Å². The van der Waals surface area contributed by atoms with Crippen LogP contribution < -0.4 is 5.32 Å². The van der Waals surface area contributed by atoms with Crippen molar-refractivity contribution < 1.29 is 0 Å². The van der Waals surface area contributed by atoms with E-state index in [0.717, 1.165) is 18.5 Å². The molecule has 0 spiro atoms. The van der Waals surface area contributed by atoms with Gasteiger partial charge in [0.05, 0.1) is 6.54 Å². The van der Waals surface area contributed by atoms with Gasteiger partial charge in [-0.05, 0) is 44.7 Å². The van der Waals surface area contributed by atoms with Crippen molar-refractivity contribution in [1.82, 2.24) is 10.2 Å². The summed E-state index contributed by atoms with van der Waals surface area (Å²) in [6, 6.07) is 0.774. The first-order chi connectivity index (χ1) is 6.90. The molecule has 0 saturated carbocycles. The molecule has 0 aromatic rings. The van der Waals surface area contributed by atoms with Crippen LogP contribution in [0.1, 0.15) is 25.7 Å². The predicted molar refractivity (Wildman–Crippen MR) is 59.0 cm³/mol. The van der Waals surface area contributed by atoms with E-state index in [1.165, 1.54) is 45.3 Å². The molecule has 2 heterocycles. The Balaban J connectivity index is 1.84. The Morgan fingerprint density at radius 3 is 3.00 bits per heavy atom. The monoisotopic (exact) mass is 192 g/mol. The Morgan fingerprint density at radius 2 is 2.29 bits per heavy atom. The van der Waals surface area contributed by atoms with Crippen LogP contribution in [-0.4, -0.2) is 37.1 Å². The second-order valence-electron chi connectivity index (χ2n) is 4.54. The van der Waals surface area contributed by atoms with Crippen LogP contribution in [0, 0.1) is 18.3 Å². The second kappa shape index (κ2) is 4.82. The van der Waals surface area contributed by atoms with E-state index < -0.39 is 0 Å². The van der Waals surface area contributed by atoms with Gasteiger partial charge in [-0.3, -0.25) is 4.90 Å². The van der Waals surface area contributed by atoms with Crippen molar-refractivity contribution in [3.8, 4) is 12.3 Å². The fourth-order valence-corrected chi connectivity index (χ4v) is 2.81. The van der Waals surface area contributed by atoms with Crippen molar-refractivity contribution in [2.45, 2.75) is 31.7 Å². The van der Waals surface area contributed by atoms with Crippen LogP contribution in [-0.2, 0) is 0 Å². The summed E-state index contributed by atoms with van der Waals surface area (Å²) in [5.74, 6) is 3.60. The van der Waals surface area contributed by atoms with Gasteiger partial charge in [0.2, 0.25) is 0 Å². The van der Waals surface area contributed by atoms with Gasteiger partial charge >= 0.3 is 0 Å². The molecule has 2 aliphatic heterocycles. The molecule has 2 nitrogen and oxygen atoms in total. The molecule has 78 valence electrons. The van der Waals surface area contributed by atoms with Gasteiger partial charge in [0.15, 0.2) is 0 Å². The minimum Gasteiger partial charge on any atom is -0.314 e. The van der Waals surface area contributed by atoms with E-state index in [4.69, 9.17) is 6.42 Å². The standard InChI is InChI=1S/C12H20N2/c1-2-8-14-9-4-5-11(10-14)12-6-3-7-13-12/h1,11-13H,3-10H2. The maximum Gasteiger partial charge on any atom is 0.0599 e. The largest absolute Gasteiger partial charge is 0.314 e. The summed E-state index contributed by atoms with van der Waals surface area (Å²) in [6.45, 7) is 4.47. The van der Waals surface area contributed by atoms with E-state index in [1.54, 1.807) is 0 Å². The number of hydrogen-bond donors (Lipinski definition) is 1. The quantitative estimate of drug-likeness (QED) is 0.659. The minimum atomic E-state index is 0.774. The molecule has 0 amide bonds. The zero-order valence-electron chi connectivity index (χ0n) is 8.84. The summed E-state index contributed by atoms with van der Waals surface area (Å²) >= 11 is 0. The molecule has 2 heteroatoms. The van der Waals surface area contributed by atoms with E-state index >= 15 is 0 Å². The number of terminal acetylenes is 1. The molecule has 14 heavy (non-hydrogen) atoms. The number of rotatable bonds is 2. The second-order valence-corrected chi connectivity index (χ2v) is 4.54. The van der Waals surface area contributed by atoms with E-state index in [2.05, 4.69) is 16.1 Å². The first kappa shape index (κ1) is 10.0. The zero-order valence-corrected chi connectivity index (χ0v) is 8.84. The van der Waals surface area contributed by atoms with E-state index in [-0.39, 0.29) is 0 Å². The highest BCUT2D eigenvalue weighted by molar-refractivity contribution is 4.92. The van der Waals surface area contributed by atoms with Crippen LogP contribution in [0.25, 0.3) is 0 Å². The summed E-state index contributed by atoms with van der Waals surface area (Å²) < 4.78 is 0. The van der Waals surface area contributed by atoms with Crippen molar-refractivity contribution >= 4 is 0 Å². The van der Waals surface area contributed by atoms with Gasteiger partial charge in [0.25, 0.3) is 0 Å². The lowest BCUT2D eigenvalue weighted by Gasteiger charge is -2.34. The Labute approximate surface area is 87.1 Å². The van der Waals surface area contributed by atoms with Crippen molar-refractivity contribution in [3.05, 3.63) is 0 Å². The van der Waals surface area contributed by atoms with Crippen LogP contribution in [0.2, 0.25) is 0 Å². The molecular weight excluding hydrogens is 172 g/mol. The molecule has 0 aliphatic carbocycles. The van der Waals surface area contributed by atoms with E-state index in [9.17, 15) is 0 Å². The molecule has 2 saturated heterocycles. The van der Waals surface area contributed by atoms with E-state index in [1.807, 2.05) is 0 Å². The molecule has 1 N–H and O–H groups in total. The first-order valence-electron chi connectivity index (χ1n) is 5.79. The van der Waals surface area contributed by atoms with Gasteiger partial charge in [-0.15, -0.1) is 6.42 Å². The van der Waals surface area contributed by atoms with Crippen LogP contribution in [0.3, 0.4) is 0 Å². The lowest BCUT2D eigenvalue weighted by atomic mass is 9.90. The van der Waals surface area contributed by atoms with Gasteiger partial charge in [0.1, 0.15) is 0 Å². The summed E-state index contributed by atoms with van der Waals surface area (Å²) in [6.07, 6.45) is 10.8. The van der Waals surface area contributed by atoms with Crippen LogP contribution in [0.5, 0.6) is 0 Å². The van der Waals surface area contributed by atoms with E-state index in [0.29, 0.717) is 0 Å². The molecule has 2 fully saturated rings. The smallest absolute Gasteiger partial charge is 0.0599 e. The lowest BCUT2D eigenvalue weighted by molar-refractivity contribution is 0.167. The van der Waals surface area contributed by atoms with Crippen LogP contribution >= 0.6 is 0 Å². The third-order valence-corrected chi connectivity index (χ3v) is 3.52. The topological polar surface area (TPSA) is 15.3 Å². The highest BCUT2D eigenvalue weighted by Gasteiger charge is 2.28. The van der Waals surface area contributed by atoms with Crippen molar-refractivity contribution in [2.75, 3.05) is 26.2 Å². The average Bonchev–Trinajstić information content (AvgIpc) is 2.71. The van der Waals surface area contributed by atoms with Crippen molar-refractivity contribution in [2.24, 2.45) is 5.92 Å². The minimum absolute atomic E-state index is 0.774. The SMILES string of the molecule is C#CCN1CCCC(C2CCCN2)C1. The third kappa shape index (κ3) is 2.29. The summed E-state index contributed by atoms with van der Waals surface area (Å²) in [5.41, 5.74) is 0. The molecular formula is C12H20N2. The Kier molecular flexibility index (Phi) is 3.44. The van der Waals surface area contributed by atoms with Gasteiger partial charge in [-0.1, -0.05) is 5.92 Å². The molecule has 0 aromatic carbocycles. The Hall–Kier alpha value is -0.520. The molecule has 0 radical (unpaired) electrons. The Bertz CT molecular complexity index is 213. The number of nitrogens with zero attached hydrogens (tertiary/aromatic N) is 1. The Morgan fingerprint density at radius 1 is 1.36 bits per heavy atom. The molecule has 2 aliphatic rings. The predicted octanol–water partition coefficient (Wildman–Crippen LogP) is 1.08. The molecule has 0 bridgehead atoms. The summed E-state index contributed by atoms with van der Waals surface area (Å²) in [7, 11) is 0. The molecule has 2 atom stereocenters. The highest BCUT2D eigenvalue weighted by Crippen LogP contribution is 2.24. The van der Waals surface area contributed by atoms with Crippen molar-refractivity contribution in [3.63, 3.8) is 0 Å². The van der Waals surface area contributed by atoms with Gasteiger partial charge < -0.3 is 5.32 Å². The van der Waals surface area contributed by atoms with Gasteiger partial charge in [0, 0.05) is 12.6 Å². The maximum absolute atomic E-state index is 5.35. The lowest BCUT2D eigenvalue weighted by Crippen LogP contribution is -2.43.